The molecule has 1 aliphatic rings. The number of halogens is 1. The van der Waals surface area contributed by atoms with Gasteiger partial charge in [0.2, 0.25) is 0 Å². The Kier molecular flexibility index (Phi) is 1.08. The highest BCUT2D eigenvalue weighted by molar-refractivity contribution is 5.57. The quantitative estimate of drug-likeness (QED) is 0.520. The molecular weight excluding hydrogens is 115 g/mol. The van der Waals surface area contributed by atoms with Gasteiger partial charge in [-0.05, 0) is 0 Å². The molecule has 1 saturated carbocycles. The van der Waals surface area contributed by atoms with E-state index in [1.165, 1.54) is 0 Å². The molecule has 0 amide bonds. The van der Waals surface area contributed by atoms with Gasteiger partial charge in [0, 0.05) is 6.42 Å². The van der Waals surface area contributed by atoms with Crippen LogP contribution in [0.5, 0.6) is 0 Å². The van der Waals surface area contributed by atoms with Gasteiger partial charge in [-0.15, -0.1) is 0 Å². The van der Waals surface area contributed by atoms with Gasteiger partial charge in [0.05, 0.1) is 0 Å². The van der Waals surface area contributed by atoms with Crippen molar-refractivity contribution >= 4 is 6.16 Å². The lowest BCUT2D eigenvalue weighted by Gasteiger charge is -1.91. The maximum Gasteiger partial charge on any atom is 0.506 e. The molecule has 0 aromatic heterocycles. The molecule has 0 radical (unpaired) electrons. The maximum absolute atomic E-state index is 11.7. The van der Waals surface area contributed by atoms with Crippen molar-refractivity contribution in [2.75, 3.05) is 0 Å². The molecule has 0 heterocycles. The van der Waals surface area contributed by atoms with Crippen molar-refractivity contribution in [3.8, 4) is 0 Å². The van der Waals surface area contributed by atoms with Crippen LogP contribution >= 0.6 is 0 Å². The fourth-order valence-corrected chi connectivity index (χ4v) is 0.395. The summed E-state index contributed by atoms with van der Waals surface area (Å²) in [5, 5.41) is 7.85. The number of alkyl halides is 1. The Balaban J connectivity index is 2.14. The monoisotopic (exact) mass is 120 g/mol. The van der Waals surface area contributed by atoms with E-state index in [2.05, 4.69) is 4.74 Å². The minimum atomic E-state index is -1.39. The predicted molar refractivity (Wildman–Crippen MR) is 22.4 cm³/mol. The fourth-order valence-electron chi connectivity index (χ4n) is 0.395. The van der Waals surface area contributed by atoms with Gasteiger partial charge in [-0.1, -0.05) is 0 Å². The van der Waals surface area contributed by atoms with Crippen LogP contribution in [0.15, 0.2) is 0 Å². The van der Waals surface area contributed by atoms with Gasteiger partial charge in [-0.2, -0.15) is 0 Å². The Morgan fingerprint density at radius 3 is 2.50 bits per heavy atom. The molecule has 4 heteroatoms. The molecule has 1 rings (SSSR count). The van der Waals surface area contributed by atoms with Crippen LogP contribution in [0, 0.1) is 0 Å². The number of ether oxygens (including phenoxy) is 1. The molecule has 0 aliphatic heterocycles. The molecule has 2 unspecified atom stereocenters. The summed E-state index contributed by atoms with van der Waals surface area (Å²) in [6.45, 7) is 0. The van der Waals surface area contributed by atoms with Crippen molar-refractivity contribution in [3.63, 3.8) is 0 Å². The number of hydrogen-bond acceptors (Lipinski definition) is 2. The average molecular weight is 120 g/mol. The topological polar surface area (TPSA) is 46.5 Å². The van der Waals surface area contributed by atoms with Crippen LogP contribution in [0.3, 0.4) is 0 Å². The molecule has 0 aromatic carbocycles. The molecule has 0 bridgehead atoms. The molecule has 0 spiro atoms. The van der Waals surface area contributed by atoms with Crippen molar-refractivity contribution in [2.45, 2.75) is 18.7 Å². The molecule has 1 aliphatic carbocycles. The Hall–Kier alpha value is -0.800. The van der Waals surface area contributed by atoms with E-state index >= 15 is 0 Å². The average Bonchev–Trinajstić information content (AvgIpc) is 2.17. The van der Waals surface area contributed by atoms with E-state index in [0.29, 0.717) is 0 Å². The molecule has 8 heavy (non-hydrogen) atoms. The summed E-state index contributed by atoms with van der Waals surface area (Å²) in [4.78, 5) is 9.61. The van der Waals surface area contributed by atoms with Gasteiger partial charge in [0.15, 0.2) is 0 Å². The second-order valence-corrected chi connectivity index (χ2v) is 1.67. The molecule has 46 valence electrons. The largest absolute Gasteiger partial charge is 0.506 e. The van der Waals surface area contributed by atoms with Gasteiger partial charge >= 0.3 is 6.16 Å². The van der Waals surface area contributed by atoms with E-state index in [4.69, 9.17) is 5.11 Å². The van der Waals surface area contributed by atoms with Crippen LogP contribution in [0.25, 0.3) is 0 Å². The number of carboxylic acid groups (broad SMARTS) is 1. The van der Waals surface area contributed by atoms with Crippen molar-refractivity contribution in [3.05, 3.63) is 0 Å². The Bertz CT molecular complexity index is 114. The SMILES string of the molecule is O=C(O)OC1CC1F. The number of carbonyl (C=O) groups is 1. The van der Waals surface area contributed by atoms with E-state index in [0.717, 1.165) is 0 Å². The lowest BCUT2D eigenvalue weighted by Crippen LogP contribution is -2.03. The third-order valence-corrected chi connectivity index (χ3v) is 0.910. The van der Waals surface area contributed by atoms with Crippen LogP contribution in [0.1, 0.15) is 6.42 Å². The second kappa shape index (κ2) is 1.61. The van der Waals surface area contributed by atoms with Crippen molar-refractivity contribution in [1.82, 2.24) is 0 Å². The van der Waals surface area contributed by atoms with E-state index in [9.17, 15) is 9.18 Å². The Morgan fingerprint density at radius 2 is 2.38 bits per heavy atom. The van der Waals surface area contributed by atoms with Crippen LogP contribution in [0.2, 0.25) is 0 Å². The summed E-state index contributed by atoms with van der Waals surface area (Å²) in [6.07, 6.45) is -2.89. The lowest BCUT2D eigenvalue weighted by atomic mass is 10.8. The smallest absolute Gasteiger partial charge is 0.450 e. The van der Waals surface area contributed by atoms with Gasteiger partial charge in [-0.3, -0.25) is 0 Å². The van der Waals surface area contributed by atoms with E-state index < -0.39 is 18.4 Å². The third-order valence-electron chi connectivity index (χ3n) is 0.910. The van der Waals surface area contributed by atoms with Gasteiger partial charge < -0.3 is 9.84 Å². The molecule has 0 aromatic rings. The first-order valence-electron chi connectivity index (χ1n) is 2.24. The Labute approximate surface area is 45.1 Å². The highest BCUT2D eigenvalue weighted by atomic mass is 19.1. The van der Waals surface area contributed by atoms with Gasteiger partial charge in [-0.25, -0.2) is 9.18 Å². The lowest BCUT2D eigenvalue weighted by molar-refractivity contribution is 0.0776. The molecular formula is C4H5FO3. The fraction of sp³-hybridized carbons (Fsp3) is 0.750. The van der Waals surface area contributed by atoms with Crippen molar-refractivity contribution < 1.29 is 19.0 Å². The molecule has 3 nitrogen and oxygen atoms in total. The summed E-state index contributed by atoms with van der Waals surface area (Å²) in [6, 6.07) is 0. The summed E-state index contributed by atoms with van der Waals surface area (Å²) in [5.74, 6) is 0. The zero-order valence-corrected chi connectivity index (χ0v) is 4.00. The van der Waals surface area contributed by atoms with Crippen LogP contribution in [-0.4, -0.2) is 23.5 Å². The van der Waals surface area contributed by atoms with E-state index in [1.807, 2.05) is 0 Å². The first-order valence-corrected chi connectivity index (χ1v) is 2.24. The normalized spacial score (nSPS) is 34.1. The molecule has 1 fully saturated rings. The number of hydrogen-bond donors (Lipinski definition) is 1. The minimum absolute atomic E-state index is 0.228. The molecule has 2 atom stereocenters. The van der Waals surface area contributed by atoms with Crippen LogP contribution < -0.4 is 0 Å². The molecule has 0 saturated heterocycles. The first kappa shape index (κ1) is 5.34. The summed E-state index contributed by atoms with van der Waals surface area (Å²) >= 11 is 0. The highest BCUT2D eigenvalue weighted by Gasteiger charge is 2.41. The third kappa shape index (κ3) is 1.08. The Morgan fingerprint density at radius 1 is 1.88 bits per heavy atom. The van der Waals surface area contributed by atoms with E-state index in [-0.39, 0.29) is 6.42 Å². The summed E-state index contributed by atoms with van der Waals surface area (Å²) in [5.41, 5.74) is 0. The minimum Gasteiger partial charge on any atom is -0.450 e. The van der Waals surface area contributed by atoms with Gasteiger partial charge in [0.25, 0.3) is 0 Å². The standard InChI is InChI=1S/C4H5FO3/c5-2-1-3(2)8-4(6)7/h2-3H,1H2,(H,6,7). The zero-order valence-electron chi connectivity index (χ0n) is 4.00. The van der Waals surface area contributed by atoms with Crippen LogP contribution in [-0.2, 0) is 4.74 Å². The van der Waals surface area contributed by atoms with Crippen molar-refractivity contribution in [2.24, 2.45) is 0 Å². The molecule has 1 N–H and O–H groups in total. The van der Waals surface area contributed by atoms with Crippen LogP contribution in [0.4, 0.5) is 9.18 Å². The summed E-state index contributed by atoms with van der Waals surface area (Å²) in [7, 11) is 0. The van der Waals surface area contributed by atoms with E-state index in [1.54, 1.807) is 0 Å². The second-order valence-electron chi connectivity index (χ2n) is 1.67. The maximum atomic E-state index is 11.7. The van der Waals surface area contributed by atoms with Gasteiger partial charge in [0.1, 0.15) is 12.3 Å². The van der Waals surface area contributed by atoms with Crippen molar-refractivity contribution in [1.29, 1.82) is 0 Å². The number of rotatable bonds is 1. The summed E-state index contributed by atoms with van der Waals surface area (Å²) < 4.78 is 15.8. The first-order chi connectivity index (χ1) is 3.70. The highest BCUT2D eigenvalue weighted by Crippen LogP contribution is 2.28. The predicted octanol–water partition coefficient (Wildman–Crippen LogP) is 0.791. The zero-order chi connectivity index (χ0) is 6.15.